The van der Waals surface area contributed by atoms with Gasteiger partial charge in [0.2, 0.25) is 10.0 Å². The van der Waals surface area contributed by atoms with Gasteiger partial charge in [0.25, 0.3) is 5.91 Å². The van der Waals surface area contributed by atoms with Crippen molar-refractivity contribution in [3.63, 3.8) is 0 Å². The fraction of sp³-hybridized carbons (Fsp3) is 0.280. The highest BCUT2D eigenvalue weighted by atomic mass is 32.2. The third-order valence-electron chi connectivity index (χ3n) is 5.43. The first kappa shape index (κ1) is 23.7. The molecule has 1 unspecified atom stereocenters. The van der Waals surface area contributed by atoms with E-state index in [4.69, 9.17) is 9.47 Å². The molecule has 0 spiro atoms. The minimum atomic E-state index is -3.79. The molecular weight excluding hydrogens is 454 g/mol. The van der Waals surface area contributed by atoms with Gasteiger partial charge in [-0.15, -0.1) is 0 Å². The Hall–Kier alpha value is -3.43. The van der Waals surface area contributed by atoms with Crippen molar-refractivity contribution in [2.24, 2.45) is 0 Å². The molecule has 1 atom stereocenters. The van der Waals surface area contributed by atoms with Crippen LogP contribution in [-0.2, 0) is 16.6 Å². The molecule has 2 N–H and O–H groups in total. The van der Waals surface area contributed by atoms with Crippen LogP contribution in [0.5, 0.6) is 11.5 Å². The summed E-state index contributed by atoms with van der Waals surface area (Å²) in [6.45, 7) is 2.19. The highest BCUT2D eigenvalue weighted by Gasteiger charge is 2.30. The number of carbonyl (C=O) groups is 1. The topological polar surface area (TPSA) is 107 Å². The number of pyridine rings is 1. The van der Waals surface area contributed by atoms with Crippen molar-refractivity contribution in [1.82, 2.24) is 15.0 Å². The molecule has 0 radical (unpaired) electrons. The third kappa shape index (κ3) is 5.92. The maximum absolute atomic E-state index is 12.9. The molecule has 1 fully saturated rings. The van der Waals surface area contributed by atoms with Gasteiger partial charge >= 0.3 is 0 Å². The maximum Gasteiger partial charge on any atom is 0.251 e. The fourth-order valence-corrected chi connectivity index (χ4v) is 4.89. The Labute approximate surface area is 199 Å². The van der Waals surface area contributed by atoms with Crippen molar-refractivity contribution in [3.8, 4) is 11.5 Å². The van der Waals surface area contributed by atoms with E-state index in [2.05, 4.69) is 15.0 Å². The van der Waals surface area contributed by atoms with Crippen molar-refractivity contribution < 1.29 is 22.7 Å². The van der Waals surface area contributed by atoms with Gasteiger partial charge in [0.05, 0.1) is 18.8 Å². The van der Waals surface area contributed by atoms with Crippen LogP contribution >= 0.6 is 0 Å². The summed E-state index contributed by atoms with van der Waals surface area (Å²) in [5.41, 5.74) is 1.89. The Morgan fingerprint density at radius 3 is 2.65 bits per heavy atom. The monoisotopic (exact) mass is 481 g/mol. The molecule has 1 aliphatic rings. The van der Waals surface area contributed by atoms with Gasteiger partial charge in [0.15, 0.2) is 0 Å². The van der Waals surface area contributed by atoms with E-state index >= 15 is 0 Å². The van der Waals surface area contributed by atoms with Crippen LogP contribution in [0.2, 0.25) is 0 Å². The third-order valence-corrected chi connectivity index (χ3v) is 6.97. The Morgan fingerprint density at radius 2 is 1.94 bits per heavy atom. The summed E-state index contributed by atoms with van der Waals surface area (Å²) in [7, 11) is -2.39. The zero-order chi connectivity index (χ0) is 24.1. The number of carbonyl (C=O) groups excluding carboxylic acids is 1. The lowest BCUT2D eigenvalue weighted by atomic mass is 10.1. The number of hydrogen-bond acceptors (Lipinski definition) is 6. The van der Waals surface area contributed by atoms with Crippen LogP contribution < -0.4 is 19.5 Å². The summed E-state index contributed by atoms with van der Waals surface area (Å²) in [5.74, 6) is 0.460. The van der Waals surface area contributed by atoms with Crippen LogP contribution in [0.3, 0.4) is 0 Å². The van der Waals surface area contributed by atoms with E-state index in [9.17, 15) is 13.2 Å². The second-order valence-electron chi connectivity index (χ2n) is 8.14. The smallest absolute Gasteiger partial charge is 0.251 e. The van der Waals surface area contributed by atoms with Crippen LogP contribution in [0, 0.1) is 0 Å². The molecule has 9 heteroatoms. The Morgan fingerprint density at radius 1 is 1.12 bits per heavy atom. The quantitative estimate of drug-likeness (QED) is 0.458. The second kappa shape index (κ2) is 10.2. The van der Waals surface area contributed by atoms with Gasteiger partial charge < -0.3 is 14.8 Å². The number of amides is 1. The van der Waals surface area contributed by atoms with E-state index in [1.54, 1.807) is 12.3 Å². The van der Waals surface area contributed by atoms with Crippen molar-refractivity contribution in [2.45, 2.75) is 43.4 Å². The van der Waals surface area contributed by atoms with Crippen molar-refractivity contribution in [3.05, 3.63) is 83.7 Å². The molecule has 1 heterocycles. The summed E-state index contributed by atoms with van der Waals surface area (Å²) < 4.78 is 39.2. The molecule has 1 amide bonds. The molecular formula is C25H27N3O5S. The van der Waals surface area contributed by atoms with Gasteiger partial charge in [-0.05, 0) is 67.8 Å². The lowest BCUT2D eigenvalue weighted by Crippen LogP contribution is -2.28. The van der Waals surface area contributed by atoms with E-state index in [1.165, 1.54) is 19.2 Å². The molecule has 1 aliphatic carbocycles. The Balaban J connectivity index is 1.45. The number of hydrogen-bond donors (Lipinski definition) is 2. The molecule has 3 aromatic rings. The highest BCUT2D eigenvalue weighted by Crippen LogP contribution is 2.29. The summed E-state index contributed by atoms with van der Waals surface area (Å²) in [5, 5.41) is 2.92. The van der Waals surface area contributed by atoms with E-state index in [0.717, 1.165) is 24.1 Å². The summed E-state index contributed by atoms with van der Waals surface area (Å²) in [6.07, 6.45) is 3.33. The van der Waals surface area contributed by atoms with Crippen LogP contribution in [0.15, 0.2) is 71.8 Å². The van der Waals surface area contributed by atoms with Crippen molar-refractivity contribution in [2.75, 3.05) is 7.11 Å². The van der Waals surface area contributed by atoms with Crippen LogP contribution in [-0.4, -0.2) is 32.5 Å². The average molecular weight is 482 g/mol. The second-order valence-corrected chi connectivity index (χ2v) is 9.82. The molecule has 4 rings (SSSR count). The van der Waals surface area contributed by atoms with Gasteiger partial charge in [-0.1, -0.05) is 18.2 Å². The summed E-state index contributed by atoms with van der Waals surface area (Å²) in [4.78, 5) is 17.1. The molecule has 1 saturated carbocycles. The van der Waals surface area contributed by atoms with Gasteiger partial charge in [-0.2, -0.15) is 0 Å². The van der Waals surface area contributed by atoms with E-state index < -0.39 is 15.9 Å². The normalized spacial score (nSPS) is 14.3. The summed E-state index contributed by atoms with van der Waals surface area (Å²) >= 11 is 0. The number of methoxy groups -OCH3 is 1. The molecule has 8 nitrogen and oxygen atoms in total. The first-order valence-electron chi connectivity index (χ1n) is 11.0. The number of nitrogens with zero attached hydrogens (tertiary/aromatic N) is 1. The van der Waals surface area contributed by atoms with Crippen molar-refractivity contribution in [1.29, 1.82) is 0 Å². The molecule has 2 aromatic carbocycles. The maximum atomic E-state index is 12.9. The molecule has 1 aromatic heterocycles. The van der Waals surface area contributed by atoms with Gasteiger partial charge in [-0.25, -0.2) is 13.1 Å². The minimum Gasteiger partial charge on any atom is -0.495 e. The molecule has 178 valence electrons. The number of ether oxygens (including phenoxy) is 2. The fourth-order valence-electron chi connectivity index (χ4n) is 3.39. The average Bonchev–Trinajstić information content (AvgIpc) is 3.66. The minimum absolute atomic E-state index is 0.0490. The molecule has 0 aliphatic heterocycles. The van der Waals surface area contributed by atoms with Gasteiger partial charge in [0, 0.05) is 17.8 Å². The first-order chi connectivity index (χ1) is 16.4. The van der Waals surface area contributed by atoms with Crippen LogP contribution in [0.1, 0.15) is 47.4 Å². The predicted octanol–water partition coefficient (Wildman–Crippen LogP) is 3.60. The number of benzene rings is 2. The lowest BCUT2D eigenvalue weighted by Gasteiger charge is -2.17. The van der Waals surface area contributed by atoms with Crippen LogP contribution in [0.25, 0.3) is 0 Å². The van der Waals surface area contributed by atoms with Crippen molar-refractivity contribution >= 4 is 15.9 Å². The number of rotatable bonds is 10. The SMILES string of the molecule is COc1ccc(C(=O)NC(C)c2cccc(OCc3ccccn3)c2)cc1S(=O)(=O)NC1CC1. The predicted molar refractivity (Wildman–Crippen MR) is 127 cm³/mol. The zero-order valence-electron chi connectivity index (χ0n) is 19.0. The molecule has 0 bridgehead atoms. The van der Waals surface area contributed by atoms with E-state index in [-0.39, 0.29) is 28.3 Å². The largest absolute Gasteiger partial charge is 0.495 e. The highest BCUT2D eigenvalue weighted by molar-refractivity contribution is 7.89. The number of nitrogens with one attached hydrogen (secondary N) is 2. The summed E-state index contributed by atoms with van der Waals surface area (Å²) in [6, 6.07) is 17.1. The zero-order valence-corrected chi connectivity index (χ0v) is 19.8. The van der Waals surface area contributed by atoms with Crippen LogP contribution in [0.4, 0.5) is 0 Å². The van der Waals surface area contributed by atoms with Gasteiger partial charge in [-0.3, -0.25) is 9.78 Å². The van der Waals surface area contributed by atoms with E-state index in [1.807, 2.05) is 49.4 Å². The lowest BCUT2D eigenvalue weighted by molar-refractivity contribution is 0.0939. The number of sulfonamides is 1. The Kier molecular flexibility index (Phi) is 7.14. The van der Waals surface area contributed by atoms with E-state index in [0.29, 0.717) is 12.4 Å². The Bertz CT molecular complexity index is 1260. The number of aromatic nitrogens is 1. The van der Waals surface area contributed by atoms with Gasteiger partial charge in [0.1, 0.15) is 23.0 Å². The molecule has 34 heavy (non-hydrogen) atoms. The first-order valence-corrected chi connectivity index (χ1v) is 12.5. The standard InChI is InChI=1S/C25H27N3O5S/c1-17(18-6-5-8-22(14-18)33-16-21-7-3-4-13-26-21)27-25(29)19-9-12-23(32-2)24(15-19)34(30,31)28-20-10-11-20/h3-9,12-15,17,20,28H,10-11,16H2,1-2H3,(H,27,29). The molecule has 0 saturated heterocycles.